The first-order chi connectivity index (χ1) is 10.2. The highest BCUT2D eigenvalue weighted by molar-refractivity contribution is 5.75. The molecule has 21 heavy (non-hydrogen) atoms. The van der Waals surface area contributed by atoms with Gasteiger partial charge in [-0.05, 0) is 51.9 Å². The first-order valence-corrected chi connectivity index (χ1v) is 8.52. The van der Waals surface area contributed by atoms with E-state index >= 15 is 0 Å². The van der Waals surface area contributed by atoms with Crippen LogP contribution in [0.2, 0.25) is 0 Å². The monoisotopic (exact) mass is 297 g/mol. The van der Waals surface area contributed by atoms with Crippen LogP contribution in [0, 0.1) is 0 Å². The van der Waals surface area contributed by atoms with Gasteiger partial charge in [0.25, 0.3) is 0 Å². The average Bonchev–Trinajstić information content (AvgIpc) is 3.00. The van der Waals surface area contributed by atoms with Crippen molar-refractivity contribution < 1.29 is 9.53 Å². The van der Waals surface area contributed by atoms with Gasteiger partial charge < -0.3 is 10.1 Å². The number of nitrogens with one attached hydrogen (secondary N) is 1. The maximum absolute atomic E-state index is 11.9. The Morgan fingerprint density at radius 1 is 1.29 bits per heavy atom. The van der Waals surface area contributed by atoms with Crippen LogP contribution >= 0.6 is 0 Å². The van der Waals surface area contributed by atoms with Crippen molar-refractivity contribution >= 4 is 5.97 Å². The summed E-state index contributed by atoms with van der Waals surface area (Å²) in [6.07, 6.45) is 6.35. The standard InChI is InChI=1S/C16H31N3O2/c1-3-8-17-15(16(20)21-2)13-18-11-7-14(12-18)19-9-5-4-6-10-19/h14-15,17H,3-13H2,1-2H3. The van der Waals surface area contributed by atoms with E-state index in [1.54, 1.807) is 0 Å². The number of methoxy groups -OCH3 is 1. The molecular formula is C16H31N3O2. The second-order valence-corrected chi connectivity index (χ2v) is 6.33. The number of likely N-dealkylation sites (tertiary alicyclic amines) is 2. The molecule has 0 saturated carbocycles. The lowest BCUT2D eigenvalue weighted by Crippen LogP contribution is -2.47. The first-order valence-electron chi connectivity index (χ1n) is 8.52. The lowest BCUT2D eigenvalue weighted by atomic mass is 10.1. The summed E-state index contributed by atoms with van der Waals surface area (Å²) in [5.41, 5.74) is 0. The van der Waals surface area contributed by atoms with Gasteiger partial charge in [-0.3, -0.25) is 14.6 Å². The summed E-state index contributed by atoms with van der Waals surface area (Å²) in [5, 5.41) is 3.31. The molecule has 5 heteroatoms. The smallest absolute Gasteiger partial charge is 0.324 e. The van der Waals surface area contributed by atoms with Crippen LogP contribution in [0.3, 0.4) is 0 Å². The summed E-state index contributed by atoms with van der Waals surface area (Å²) < 4.78 is 4.92. The minimum absolute atomic E-state index is 0.134. The minimum Gasteiger partial charge on any atom is -0.468 e. The summed E-state index contributed by atoms with van der Waals surface area (Å²) in [4.78, 5) is 16.9. The Morgan fingerprint density at radius 3 is 2.71 bits per heavy atom. The second kappa shape index (κ2) is 8.71. The molecule has 5 nitrogen and oxygen atoms in total. The van der Waals surface area contributed by atoms with Crippen LogP contribution in [0.5, 0.6) is 0 Å². The van der Waals surface area contributed by atoms with E-state index in [-0.39, 0.29) is 12.0 Å². The quantitative estimate of drug-likeness (QED) is 0.713. The van der Waals surface area contributed by atoms with Gasteiger partial charge in [0, 0.05) is 19.1 Å². The Balaban J connectivity index is 1.80. The van der Waals surface area contributed by atoms with Gasteiger partial charge in [-0.15, -0.1) is 0 Å². The maximum atomic E-state index is 11.9. The fourth-order valence-electron chi connectivity index (χ4n) is 3.50. The molecule has 0 aromatic rings. The van der Waals surface area contributed by atoms with E-state index < -0.39 is 0 Å². The summed E-state index contributed by atoms with van der Waals surface area (Å²) in [5.74, 6) is -0.134. The highest BCUT2D eigenvalue weighted by atomic mass is 16.5. The Kier molecular flexibility index (Phi) is 6.93. The molecule has 0 bridgehead atoms. The molecule has 0 spiro atoms. The van der Waals surface area contributed by atoms with Gasteiger partial charge in [0.2, 0.25) is 0 Å². The molecule has 2 fully saturated rings. The fourth-order valence-corrected chi connectivity index (χ4v) is 3.50. The Labute approximate surface area is 129 Å². The summed E-state index contributed by atoms with van der Waals surface area (Å²) in [6.45, 7) is 8.47. The number of carbonyl (C=O) groups is 1. The maximum Gasteiger partial charge on any atom is 0.324 e. The van der Waals surface area contributed by atoms with E-state index in [4.69, 9.17) is 4.74 Å². The Bertz CT molecular complexity index is 319. The van der Waals surface area contributed by atoms with Crippen molar-refractivity contribution in [2.75, 3.05) is 46.4 Å². The lowest BCUT2D eigenvalue weighted by molar-refractivity contribution is -0.143. The molecule has 2 unspecified atom stereocenters. The molecule has 2 aliphatic rings. The second-order valence-electron chi connectivity index (χ2n) is 6.33. The minimum atomic E-state index is -0.185. The number of esters is 1. The van der Waals surface area contributed by atoms with Gasteiger partial charge in [0.1, 0.15) is 6.04 Å². The third-order valence-electron chi connectivity index (χ3n) is 4.72. The first kappa shape index (κ1) is 16.7. The molecule has 2 aliphatic heterocycles. The van der Waals surface area contributed by atoms with Crippen LogP contribution in [-0.4, -0.2) is 74.2 Å². The summed E-state index contributed by atoms with van der Waals surface area (Å²) in [7, 11) is 1.48. The predicted molar refractivity (Wildman–Crippen MR) is 84.4 cm³/mol. The molecule has 0 aromatic carbocycles. The fraction of sp³-hybridized carbons (Fsp3) is 0.938. The number of nitrogens with zero attached hydrogens (tertiary/aromatic N) is 2. The molecule has 2 saturated heterocycles. The molecule has 1 N–H and O–H groups in total. The number of carbonyl (C=O) groups excluding carboxylic acids is 1. The summed E-state index contributed by atoms with van der Waals surface area (Å²) in [6, 6.07) is 0.504. The van der Waals surface area contributed by atoms with Crippen molar-refractivity contribution in [3.8, 4) is 0 Å². The van der Waals surface area contributed by atoms with Crippen molar-refractivity contribution in [1.82, 2.24) is 15.1 Å². The Morgan fingerprint density at radius 2 is 2.05 bits per heavy atom. The van der Waals surface area contributed by atoms with Crippen LogP contribution in [0.1, 0.15) is 39.0 Å². The van der Waals surface area contributed by atoms with E-state index in [1.807, 2.05) is 0 Å². The van der Waals surface area contributed by atoms with E-state index in [0.717, 1.165) is 32.6 Å². The normalized spacial score (nSPS) is 25.9. The van der Waals surface area contributed by atoms with Crippen molar-refractivity contribution in [1.29, 1.82) is 0 Å². The zero-order valence-electron chi connectivity index (χ0n) is 13.6. The molecule has 0 aliphatic carbocycles. The van der Waals surface area contributed by atoms with Crippen molar-refractivity contribution in [2.24, 2.45) is 0 Å². The van der Waals surface area contributed by atoms with Crippen LogP contribution in [0.4, 0.5) is 0 Å². The van der Waals surface area contributed by atoms with Crippen LogP contribution in [-0.2, 0) is 9.53 Å². The molecular weight excluding hydrogens is 266 g/mol. The highest BCUT2D eigenvalue weighted by Crippen LogP contribution is 2.20. The molecule has 0 aromatic heterocycles. The third kappa shape index (κ3) is 4.94. The molecule has 0 amide bonds. The molecule has 2 atom stereocenters. The van der Waals surface area contributed by atoms with Crippen molar-refractivity contribution in [2.45, 2.75) is 51.1 Å². The molecule has 122 valence electrons. The predicted octanol–water partition coefficient (Wildman–Crippen LogP) is 1.09. The Hall–Kier alpha value is -0.650. The zero-order chi connectivity index (χ0) is 15.1. The molecule has 2 heterocycles. The molecule has 2 rings (SSSR count). The van der Waals surface area contributed by atoms with Gasteiger partial charge in [-0.1, -0.05) is 13.3 Å². The van der Waals surface area contributed by atoms with Crippen LogP contribution < -0.4 is 5.32 Å². The topological polar surface area (TPSA) is 44.8 Å². The third-order valence-corrected chi connectivity index (χ3v) is 4.72. The number of hydrogen-bond acceptors (Lipinski definition) is 5. The van der Waals surface area contributed by atoms with Crippen LogP contribution in [0.25, 0.3) is 0 Å². The SMILES string of the molecule is CCCNC(CN1CCC(N2CCCCC2)C1)C(=O)OC. The number of ether oxygens (including phenoxy) is 1. The van der Waals surface area contributed by atoms with E-state index in [2.05, 4.69) is 22.0 Å². The van der Waals surface area contributed by atoms with E-state index in [1.165, 1.54) is 45.9 Å². The van der Waals surface area contributed by atoms with Gasteiger partial charge in [0.05, 0.1) is 7.11 Å². The number of hydrogen-bond donors (Lipinski definition) is 1. The van der Waals surface area contributed by atoms with Crippen LogP contribution in [0.15, 0.2) is 0 Å². The van der Waals surface area contributed by atoms with Gasteiger partial charge in [0.15, 0.2) is 0 Å². The van der Waals surface area contributed by atoms with Crippen molar-refractivity contribution in [3.05, 3.63) is 0 Å². The van der Waals surface area contributed by atoms with E-state index in [0.29, 0.717) is 6.04 Å². The highest BCUT2D eigenvalue weighted by Gasteiger charge is 2.31. The van der Waals surface area contributed by atoms with Gasteiger partial charge >= 0.3 is 5.97 Å². The summed E-state index contributed by atoms with van der Waals surface area (Å²) >= 11 is 0. The van der Waals surface area contributed by atoms with Gasteiger partial charge in [-0.25, -0.2) is 0 Å². The zero-order valence-corrected chi connectivity index (χ0v) is 13.6. The average molecular weight is 297 g/mol. The number of piperidine rings is 1. The number of rotatable bonds is 7. The largest absolute Gasteiger partial charge is 0.468 e. The van der Waals surface area contributed by atoms with E-state index in [9.17, 15) is 4.79 Å². The lowest BCUT2D eigenvalue weighted by Gasteiger charge is -2.32. The molecule has 0 radical (unpaired) electrons. The van der Waals surface area contributed by atoms with Gasteiger partial charge in [-0.2, -0.15) is 0 Å². The van der Waals surface area contributed by atoms with Crippen molar-refractivity contribution in [3.63, 3.8) is 0 Å².